The van der Waals surface area contributed by atoms with E-state index >= 15 is 0 Å². The maximum Gasteiger partial charge on any atom is 0.416 e. The molecule has 0 aromatic heterocycles. The minimum Gasteiger partial charge on any atom is -0.351 e. The van der Waals surface area contributed by atoms with E-state index in [2.05, 4.69) is 16.2 Å². The van der Waals surface area contributed by atoms with Crippen LogP contribution in [0.3, 0.4) is 0 Å². The Morgan fingerprint density at radius 1 is 1.15 bits per heavy atom. The fraction of sp³-hybridized carbons (Fsp3) is 0.278. The summed E-state index contributed by atoms with van der Waals surface area (Å²) in [4.78, 5) is 12.3. The van der Waals surface area contributed by atoms with Crippen LogP contribution in [-0.4, -0.2) is 11.9 Å². The highest BCUT2D eigenvalue weighted by Gasteiger charge is 2.32. The van der Waals surface area contributed by atoms with Crippen molar-refractivity contribution in [3.8, 4) is 0 Å². The number of benzene rings is 2. The van der Waals surface area contributed by atoms with Crippen LogP contribution in [0.25, 0.3) is 0 Å². The second-order valence-corrected chi connectivity index (χ2v) is 6.47. The number of carbonyl (C=O) groups excluding carboxylic acids is 1. The van der Waals surface area contributed by atoms with Crippen LogP contribution in [0.2, 0.25) is 5.02 Å². The fourth-order valence-corrected chi connectivity index (χ4v) is 3.13. The number of alkyl halides is 3. The van der Waals surface area contributed by atoms with Gasteiger partial charge in [-0.2, -0.15) is 13.2 Å². The van der Waals surface area contributed by atoms with E-state index in [-0.39, 0.29) is 18.5 Å². The molecule has 2 unspecified atom stereocenters. The van der Waals surface area contributed by atoms with Gasteiger partial charge in [-0.05, 0) is 35.7 Å². The lowest BCUT2D eigenvalue weighted by molar-refractivity contribution is -0.137. The van der Waals surface area contributed by atoms with E-state index in [0.29, 0.717) is 17.0 Å². The number of carbonyl (C=O) groups is 1. The van der Waals surface area contributed by atoms with E-state index in [0.717, 1.165) is 17.7 Å². The lowest BCUT2D eigenvalue weighted by Gasteiger charge is -2.12. The van der Waals surface area contributed by atoms with Crippen LogP contribution < -0.4 is 16.2 Å². The summed E-state index contributed by atoms with van der Waals surface area (Å²) < 4.78 is 38.2. The predicted molar refractivity (Wildman–Crippen MR) is 92.2 cm³/mol. The van der Waals surface area contributed by atoms with Gasteiger partial charge in [-0.3, -0.25) is 4.79 Å². The largest absolute Gasteiger partial charge is 0.416 e. The second-order valence-electron chi connectivity index (χ2n) is 6.07. The Morgan fingerprint density at radius 3 is 2.65 bits per heavy atom. The van der Waals surface area contributed by atoms with Crippen molar-refractivity contribution in [1.29, 1.82) is 0 Å². The van der Waals surface area contributed by atoms with Gasteiger partial charge in [0.25, 0.3) is 0 Å². The number of hydrogen-bond acceptors (Lipinski definition) is 3. The lowest BCUT2D eigenvalue weighted by Crippen LogP contribution is -2.42. The average Bonchev–Trinajstić information content (AvgIpc) is 3.09. The summed E-state index contributed by atoms with van der Waals surface area (Å²) in [5.74, 6) is -0.288. The molecule has 0 aliphatic carbocycles. The van der Waals surface area contributed by atoms with E-state index in [1.165, 1.54) is 6.07 Å². The molecule has 2 aromatic rings. The molecule has 138 valence electrons. The molecule has 1 aliphatic heterocycles. The Bertz CT molecular complexity index is 797. The van der Waals surface area contributed by atoms with Crippen molar-refractivity contribution in [2.75, 3.05) is 0 Å². The molecule has 0 spiro atoms. The van der Waals surface area contributed by atoms with E-state index in [1.807, 2.05) is 18.2 Å². The lowest BCUT2D eigenvalue weighted by atomic mass is 10.0. The number of amides is 1. The van der Waals surface area contributed by atoms with Crippen LogP contribution in [0.4, 0.5) is 13.2 Å². The molecule has 0 saturated carbocycles. The van der Waals surface area contributed by atoms with Gasteiger partial charge in [-0.15, -0.1) is 0 Å². The molecule has 2 aromatic carbocycles. The van der Waals surface area contributed by atoms with Crippen molar-refractivity contribution in [2.24, 2.45) is 0 Å². The molecule has 2 atom stereocenters. The summed E-state index contributed by atoms with van der Waals surface area (Å²) in [7, 11) is 0. The van der Waals surface area contributed by atoms with Crippen LogP contribution in [0.5, 0.6) is 0 Å². The number of rotatable bonds is 4. The van der Waals surface area contributed by atoms with Crippen LogP contribution in [0, 0.1) is 0 Å². The topological polar surface area (TPSA) is 53.2 Å². The summed E-state index contributed by atoms with van der Waals surface area (Å²) >= 11 is 6.16. The Morgan fingerprint density at radius 2 is 1.92 bits per heavy atom. The number of hydrazine groups is 1. The van der Waals surface area contributed by atoms with Gasteiger partial charge in [0.15, 0.2) is 0 Å². The third-order valence-electron chi connectivity index (χ3n) is 4.22. The molecular formula is C18H17ClF3N3O. The normalized spacial score (nSPS) is 20.2. The molecule has 1 aliphatic rings. The van der Waals surface area contributed by atoms with Crippen LogP contribution >= 0.6 is 11.6 Å². The molecule has 1 heterocycles. The van der Waals surface area contributed by atoms with Gasteiger partial charge >= 0.3 is 6.18 Å². The highest BCUT2D eigenvalue weighted by molar-refractivity contribution is 6.31. The standard InChI is InChI=1S/C18H17ClF3N3O/c19-14-7-2-1-6-13(14)15-9-16(25-24-15)17(26)23-10-11-4-3-5-12(8-11)18(20,21)22/h1-8,15-16,24-25H,9-10H2,(H,23,26). The van der Waals surface area contributed by atoms with Gasteiger partial charge in [-0.25, -0.2) is 10.9 Å². The maximum atomic E-state index is 12.7. The minimum absolute atomic E-state index is 0.0255. The molecule has 1 fully saturated rings. The monoisotopic (exact) mass is 383 g/mol. The van der Waals surface area contributed by atoms with Crippen molar-refractivity contribution in [3.63, 3.8) is 0 Å². The third kappa shape index (κ3) is 4.35. The number of hydrogen-bond donors (Lipinski definition) is 3. The minimum atomic E-state index is -4.40. The number of nitrogens with one attached hydrogen (secondary N) is 3. The van der Waals surface area contributed by atoms with E-state index in [1.54, 1.807) is 12.1 Å². The molecule has 0 bridgehead atoms. The van der Waals surface area contributed by atoms with Gasteiger partial charge < -0.3 is 5.32 Å². The molecule has 1 saturated heterocycles. The van der Waals surface area contributed by atoms with E-state index in [4.69, 9.17) is 11.6 Å². The van der Waals surface area contributed by atoms with E-state index in [9.17, 15) is 18.0 Å². The fourth-order valence-electron chi connectivity index (χ4n) is 2.86. The zero-order valence-electron chi connectivity index (χ0n) is 13.6. The van der Waals surface area contributed by atoms with Crippen LogP contribution in [0.1, 0.15) is 29.2 Å². The molecule has 3 N–H and O–H groups in total. The first-order valence-electron chi connectivity index (χ1n) is 8.04. The second kappa shape index (κ2) is 7.65. The van der Waals surface area contributed by atoms with Gasteiger partial charge in [-0.1, -0.05) is 41.9 Å². The van der Waals surface area contributed by atoms with Gasteiger partial charge in [0.05, 0.1) is 5.56 Å². The Hall–Kier alpha value is -2.09. The first-order valence-corrected chi connectivity index (χ1v) is 8.42. The van der Waals surface area contributed by atoms with Crippen molar-refractivity contribution in [2.45, 2.75) is 31.2 Å². The van der Waals surface area contributed by atoms with Crippen molar-refractivity contribution in [3.05, 3.63) is 70.2 Å². The first-order chi connectivity index (χ1) is 12.3. The Balaban J connectivity index is 1.57. The smallest absolute Gasteiger partial charge is 0.351 e. The summed E-state index contributed by atoms with van der Waals surface area (Å²) in [6.07, 6.45) is -3.92. The molecular weight excluding hydrogens is 367 g/mol. The van der Waals surface area contributed by atoms with Gasteiger partial charge in [0, 0.05) is 17.6 Å². The Labute approximate surface area is 153 Å². The van der Waals surface area contributed by atoms with E-state index < -0.39 is 17.8 Å². The van der Waals surface area contributed by atoms with Crippen molar-refractivity contribution >= 4 is 17.5 Å². The summed E-state index contributed by atoms with van der Waals surface area (Å²) in [5, 5.41) is 3.27. The molecule has 26 heavy (non-hydrogen) atoms. The third-order valence-corrected chi connectivity index (χ3v) is 4.57. The van der Waals surface area contributed by atoms with Crippen molar-refractivity contribution < 1.29 is 18.0 Å². The van der Waals surface area contributed by atoms with Gasteiger partial charge in [0.1, 0.15) is 6.04 Å². The molecule has 8 heteroatoms. The first kappa shape index (κ1) is 18.7. The summed E-state index contributed by atoms with van der Waals surface area (Å²) in [6, 6.07) is 11.6. The zero-order chi connectivity index (χ0) is 18.7. The number of halogens is 4. The SMILES string of the molecule is O=C(NCc1cccc(C(F)(F)F)c1)C1CC(c2ccccc2Cl)NN1. The maximum absolute atomic E-state index is 12.7. The molecule has 3 rings (SSSR count). The van der Waals surface area contributed by atoms with Crippen LogP contribution in [-0.2, 0) is 17.5 Å². The summed E-state index contributed by atoms with van der Waals surface area (Å²) in [6.45, 7) is 0.0255. The highest BCUT2D eigenvalue weighted by atomic mass is 35.5. The average molecular weight is 384 g/mol. The summed E-state index contributed by atoms with van der Waals surface area (Å²) in [5.41, 5.74) is 6.47. The van der Waals surface area contributed by atoms with Crippen LogP contribution in [0.15, 0.2) is 48.5 Å². The molecule has 1 amide bonds. The van der Waals surface area contributed by atoms with Gasteiger partial charge in [0.2, 0.25) is 5.91 Å². The zero-order valence-corrected chi connectivity index (χ0v) is 14.4. The quantitative estimate of drug-likeness (QED) is 0.756. The Kier molecular flexibility index (Phi) is 5.50. The highest BCUT2D eigenvalue weighted by Crippen LogP contribution is 2.30. The predicted octanol–water partition coefficient (Wildman–Crippen LogP) is 3.58. The van der Waals surface area contributed by atoms with Crippen molar-refractivity contribution in [1.82, 2.24) is 16.2 Å². The molecule has 4 nitrogen and oxygen atoms in total. The molecule has 0 radical (unpaired) electrons.